The fourth-order valence-electron chi connectivity index (χ4n) is 4.23. The number of aryl methyl sites for hydroxylation is 1. The van der Waals surface area contributed by atoms with Gasteiger partial charge in [0.05, 0.1) is 6.33 Å². The number of benzene rings is 1. The minimum absolute atomic E-state index is 0.0611. The predicted molar refractivity (Wildman–Crippen MR) is 129 cm³/mol. The molecule has 0 aromatic heterocycles. The van der Waals surface area contributed by atoms with Crippen LogP contribution in [0.3, 0.4) is 0 Å². The van der Waals surface area contributed by atoms with Crippen LogP contribution in [0.4, 0.5) is 5.82 Å². The van der Waals surface area contributed by atoms with Gasteiger partial charge in [-0.25, -0.2) is 15.0 Å². The molecule has 5 rings (SSSR count). The summed E-state index contributed by atoms with van der Waals surface area (Å²) in [6.07, 6.45) is 4.66. The van der Waals surface area contributed by atoms with Gasteiger partial charge in [0.2, 0.25) is 12.7 Å². The minimum Gasteiger partial charge on any atom is -0.454 e. The number of carbonyl (C=O) groups is 1. The van der Waals surface area contributed by atoms with Crippen LogP contribution in [-0.2, 0) is 16.1 Å². The van der Waals surface area contributed by atoms with E-state index >= 15 is 0 Å². The molecule has 180 valence electrons. The van der Waals surface area contributed by atoms with Crippen molar-refractivity contribution in [2.45, 2.75) is 35.9 Å². The number of hydrogen-bond donors (Lipinski definition) is 1. The van der Waals surface area contributed by atoms with Gasteiger partial charge in [0.15, 0.2) is 34.0 Å². The largest absolute Gasteiger partial charge is 0.454 e. The van der Waals surface area contributed by atoms with E-state index in [1.807, 2.05) is 21.6 Å². The third-order valence-corrected chi connectivity index (χ3v) is 7.95. The number of anilines is 1. The van der Waals surface area contributed by atoms with Gasteiger partial charge in [-0.3, -0.25) is 4.79 Å². The number of nitrogens with zero attached hydrogens (tertiary/aromatic N) is 5. The number of nitrogen functional groups attached to an aromatic ring is 1. The van der Waals surface area contributed by atoms with Gasteiger partial charge in [0.25, 0.3) is 0 Å². The lowest BCUT2D eigenvalue weighted by atomic mass is 9.93. The SMILES string of the molecule is COCC(=O)N1CCC(CCn2cnc(N)c3nc(Sc4cc5c(cc4Br)OCO5)nc2-3)CC1. The molecule has 0 radical (unpaired) electrons. The van der Waals surface area contributed by atoms with Gasteiger partial charge in [0.1, 0.15) is 6.61 Å². The van der Waals surface area contributed by atoms with Gasteiger partial charge in [-0.1, -0.05) is 0 Å². The first-order chi connectivity index (χ1) is 16.5. The Bertz CT molecular complexity index is 1170. The van der Waals surface area contributed by atoms with E-state index in [1.54, 1.807) is 13.4 Å². The van der Waals surface area contributed by atoms with Crippen LogP contribution in [0.1, 0.15) is 19.3 Å². The number of aromatic nitrogens is 4. The van der Waals surface area contributed by atoms with E-state index in [-0.39, 0.29) is 19.3 Å². The van der Waals surface area contributed by atoms with Crippen LogP contribution in [0, 0.1) is 5.92 Å². The highest BCUT2D eigenvalue weighted by atomic mass is 79.9. The van der Waals surface area contributed by atoms with E-state index in [1.165, 1.54) is 11.8 Å². The Kier molecular flexibility index (Phi) is 6.79. The van der Waals surface area contributed by atoms with Crippen molar-refractivity contribution in [2.75, 3.05) is 39.3 Å². The zero-order valence-corrected chi connectivity index (χ0v) is 21.1. The van der Waals surface area contributed by atoms with Crippen LogP contribution in [0.25, 0.3) is 11.5 Å². The molecule has 4 aliphatic heterocycles. The summed E-state index contributed by atoms with van der Waals surface area (Å²) in [6.45, 7) is 2.67. The molecule has 0 bridgehead atoms. The molecule has 10 nitrogen and oxygen atoms in total. The first-order valence-corrected chi connectivity index (χ1v) is 12.6. The van der Waals surface area contributed by atoms with Crippen LogP contribution in [0.5, 0.6) is 11.5 Å². The number of imidazole rings is 1. The summed E-state index contributed by atoms with van der Waals surface area (Å²) in [5.74, 6) is 3.09. The Morgan fingerprint density at radius 3 is 2.79 bits per heavy atom. The third-order valence-electron chi connectivity index (χ3n) is 6.11. The average molecular weight is 549 g/mol. The highest BCUT2D eigenvalue weighted by Crippen LogP contribution is 2.43. The van der Waals surface area contributed by atoms with Gasteiger partial charge in [-0.05, 0) is 65.0 Å². The Labute approximate surface area is 209 Å². The lowest BCUT2D eigenvalue weighted by molar-refractivity contribution is -0.136. The second-order valence-corrected chi connectivity index (χ2v) is 10.1. The third kappa shape index (κ3) is 4.80. The molecule has 0 aliphatic carbocycles. The Morgan fingerprint density at radius 1 is 1.26 bits per heavy atom. The molecule has 1 aromatic carbocycles. The number of halogens is 1. The molecule has 0 spiro atoms. The normalized spacial score (nSPS) is 15.9. The van der Waals surface area contributed by atoms with Gasteiger partial charge < -0.3 is 29.4 Å². The molecule has 2 N–H and O–H groups in total. The number of nitrogens with two attached hydrogens (primary N) is 1. The zero-order chi connectivity index (χ0) is 23.7. The summed E-state index contributed by atoms with van der Waals surface area (Å²) < 4.78 is 18.8. The summed E-state index contributed by atoms with van der Waals surface area (Å²) in [5, 5.41) is 0.591. The predicted octanol–water partition coefficient (Wildman–Crippen LogP) is 3.28. The van der Waals surface area contributed by atoms with Crippen LogP contribution in [-0.4, -0.2) is 63.9 Å². The number of rotatable bonds is 7. The molecule has 4 aliphatic rings. The number of fused-ring (bicyclic) bond motifs is 2. The van der Waals surface area contributed by atoms with Gasteiger partial charge >= 0.3 is 0 Å². The monoisotopic (exact) mass is 548 g/mol. The van der Waals surface area contributed by atoms with Crippen molar-refractivity contribution in [2.24, 2.45) is 5.92 Å². The van der Waals surface area contributed by atoms with Crippen LogP contribution in [0.15, 0.2) is 33.0 Å². The summed E-state index contributed by atoms with van der Waals surface area (Å²) in [5.41, 5.74) is 6.71. The number of carbonyl (C=O) groups excluding carboxylic acids is 1. The standard InChI is InChI=1S/C22H25BrN6O4S/c1-31-10-18(30)28-5-2-13(3-6-28)4-7-29-11-25-20(24)19-21(29)27-22(26-19)34-17-9-16-15(8-14(17)23)32-12-33-16/h8-9,11,13H,2-7,10,12,24H2,1H3. The first-order valence-electron chi connectivity index (χ1n) is 11.0. The quantitative estimate of drug-likeness (QED) is 0.474. The molecule has 4 heterocycles. The van der Waals surface area contributed by atoms with Crippen molar-refractivity contribution < 1.29 is 19.0 Å². The van der Waals surface area contributed by atoms with E-state index in [0.29, 0.717) is 34.1 Å². The summed E-state index contributed by atoms with van der Waals surface area (Å²) in [6, 6.07) is 3.80. The minimum atomic E-state index is 0.0611. The highest BCUT2D eigenvalue weighted by molar-refractivity contribution is 9.10. The van der Waals surface area contributed by atoms with Gasteiger partial charge in [0, 0.05) is 36.1 Å². The average Bonchev–Trinajstić information content (AvgIpc) is 3.47. The van der Waals surface area contributed by atoms with Crippen molar-refractivity contribution in [3.8, 4) is 23.0 Å². The van der Waals surface area contributed by atoms with Crippen molar-refractivity contribution in [1.29, 1.82) is 0 Å². The smallest absolute Gasteiger partial charge is 0.248 e. The topological polar surface area (TPSA) is 118 Å². The molecular formula is C22H25BrN6O4S. The summed E-state index contributed by atoms with van der Waals surface area (Å²) >= 11 is 5.01. The van der Waals surface area contributed by atoms with Crippen LogP contribution in [0.2, 0.25) is 0 Å². The van der Waals surface area contributed by atoms with E-state index in [2.05, 4.69) is 25.9 Å². The fraction of sp³-hybridized carbons (Fsp3) is 0.455. The number of methoxy groups -OCH3 is 1. The van der Waals surface area contributed by atoms with Gasteiger partial charge in [-0.15, -0.1) is 0 Å². The number of likely N-dealkylation sites (tertiary alicyclic amines) is 1. The molecule has 1 amide bonds. The molecule has 0 unspecified atom stereocenters. The lowest BCUT2D eigenvalue weighted by Gasteiger charge is -2.32. The second kappa shape index (κ2) is 9.96. The van der Waals surface area contributed by atoms with Crippen LogP contribution < -0.4 is 15.2 Å². The number of amides is 1. The van der Waals surface area contributed by atoms with Crippen LogP contribution >= 0.6 is 27.7 Å². The Balaban J connectivity index is 1.27. The maximum absolute atomic E-state index is 12.0. The Morgan fingerprint density at radius 2 is 2.03 bits per heavy atom. The molecule has 1 aromatic rings. The summed E-state index contributed by atoms with van der Waals surface area (Å²) in [7, 11) is 1.55. The van der Waals surface area contributed by atoms with E-state index in [4.69, 9.17) is 24.9 Å². The molecule has 0 atom stereocenters. The maximum Gasteiger partial charge on any atom is 0.248 e. The van der Waals surface area contributed by atoms with Crippen molar-refractivity contribution >= 4 is 39.4 Å². The Hall–Kier alpha value is -2.57. The highest BCUT2D eigenvalue weighted by Gasteiger charge is 2.25. The number of hydrogen-bond acceptors (Lipinski definition) is 9. The maximum atomic E-state index is 12.0. The molecule has 0 saturated carbocycles. The molecule has 1 fully saturated rings. The summed E-state index contributed by atoms with van der Waals surface area (Å²) in [4.78, 5) is 28.6. The molecule has 34 heavy (non-hydrogen) atoms. The number of ether oxygens (including phenoxy) is 3. The van der Waals surface area contributed by atoms with Crippen molar-refractivity contribution in [1.82, 2.24) is 24.4 Å². The van der Waals surface area contributed by atoms with E-state index < -0.39 is 0 Å². The molecule has 12 heteroatoms. The second-order valence-electron chi connectivity index (χ2n) is 8.29. The zero-order valence-electron chi connectivity index (χ0n) is 18.7. The van der Waals surface area contributed by atoms with Gasteiger partial charge in [-0.2, -0.15) is 0 Å². The van der Waals surface area contributed by atoms with Crippen molar-refractivity contribution in [3.63, 3.8) is 0 Å². The van der Waals surface area contributed by atoms with E-state index in [0.717, 1.165) is 54.1 Å². The van der Waals surface area contributed by atoms with Crippen molar-refractivity contribution in [3.05, 3.63) is 22.9 Å². The molecular weight excluding hydrogens is 524 g/mol. The van der Waals surface area contributed by atoms with E-state index in [9.17, 15) is 4.79 Å². The molecule has 1 saturated heterocycles. The number of piperidine rings is 1. The fourth-order valence-corrected chi connectivity index (χ4v) is 5.58. The lowest BCUT2D eigenvalue weighted by Crippen LogP contribution is -2.40. The first kappa shape index (κ1) is 23.2.